The second kappa shape index (κ2) is 8.60. The van der Waals surface area contributed by atoms with E-state index in [0.717, 1.165) is 0 Å². The lowest BCUT2D eigenvalue weighted by Crippen LogP contribution is -2.58. The lowest BCUT2D eigenvalue weighted by atomic mass is 10.00. The molecule has 0 aromatic rings. The minimum Gasteiger partial charge on any atom is -0.394 e. The minimum atomic E-state index is -1.57. The molecule has 11 heteroatoms. The van der Waals surface area contributed by atoms with Crippen molar-refractivity contribution in [2.24, 2.45) is 0 Å². The van der Waals surface area contributed by atoms with Crippen LogP contribution in [-0.4, -0.2) is 114 Å². The van der Waals surface area contributed by atoms with E-state index in [1.54, 1.807) is 0 Å². The molecule has 0 aromatic heterocycles. The molecule has 138 valence electrons. The van der Waals surface area contributed by atoms with Gasteiger partial charge in [-0.25, -0.2) is 0 Å². The van der Waals surface area contributed by atoms with Crippen molar-refractivity contribution in [3.05, 3.63) is 0 Å². The normalized spacial score (nSPS) is 50.9. The quantitative estimate of drug-likeness (QED) is 0.220. The third kappa shape index (κ3) is 4.78. The first-order valence-corrected chi connectivity index (χ1v) is 6.98. The molecule has 11 nitrogen and oxygen atoms in total. The topological polar surface area (TPSA) is 201 Å². The zero-order valence-electron chi connectivity index (χ0n) is 12.3. The smallest absolute Gasteiger partial charge is 0.184 e. The van der Waals surface area contributed by atoms with Crippen LogP contribution < -0.4 is 0 Å². The van der Waals surface area contributed by atoms with Gasteiger partial charge in [0.15, 0.2) is 12.6 Å². The zero-order chi connectivity index (χ0) is 17.9. The summed E-state index contributed by atoms with van der Waals surface area (Å²) in [6, 6.07) is 0. The maximum Gasteiger partial charge on any atom is 0.184 e. The van der Waals surface area contributed by atoms with Crippen LogP contribution >= 0.6 is 0 Å². The van der Waals surface area contributed by atoms with Gasteiger partial charge in [-0.15, -0.1) is 0 Å². The zero-order valence-corrected chi connectivity index (χ0v) is 12.3. The molecule has 0 aliphatic carbocycles. The third-order valence-corrected chi connectivity index (χ3v) is 3.69. The van der Waals surface area contributed by atoms with Crippen molar-refractivity contribution >= 4 is 0 Å². The van der Waals surface area contributed by atoms with E-state index in [4.69, 9.17) is 46.0 Å². The van der Waals surface area contributed by atoms with E-state index in [-0.39, 0.29) is 0 Å². The fraction of sp³-hybridized carbons (Fsp3) is 1.00. The number of aliphatic hydroxyl groups excluding tert-OH is 9. The van der Waals surface area contributed by atoms with E-state index in [1.165, 1.54) is 6.92 Å². The van der Waals surface area contributed by atoms with Gasteiger partial charge in [0, 0.05) is 0 Å². The summed E-state index contributed by atoms with van der Waals surface area (Å²) in [4.78, 5) is 0. The molecule has 0 radical (unpaired) electrons. The molecule has 2 heterocycles. The summed E-state index contributed by atoms with van der Waals surface area (Å²) in [6.07, 6.45) is -13.0. The number of ether oxygens (including phenoxy) is 2. The van der Waals surface area contributed by atoms with Gasteiger partial charge < -0.3 is 55.4 Å². The van der Waals surface area contributed by atoms with E-state index in [1.807, 2.05) is 0 Å². The SMILES string of the molecule is C[C@@H]1OC(O)[C@@H](O)[C@H](O)[C@@H]1O.OC[C@H]1O[C@H](O)[C@H](O)[C@@H](O)[C@H]1O. The molecular weight excluding hydrogens is 320 g/mol. The average molecular weight is 344 g/mol. The number of aliphatic hydroxyl groups is 9. The highest BCUT2D eigenvalue weighted by atomic mass is 16.6. The van der Waals surface area contributed by atoms with Gasteiger partial charge in [0.05, 0.1) is 12.7 Å². The van der Waals surface area contributed by atoms with Gasteiger partial charge in [0.2, 0.25) is 0 Å². The standard InChI is InChI=1S/C6H12O6.C6H12O5/c7-1-2-3(8)4(9)5(10)6(11)12-2;1-2-3(7)4(8)5(9)6(10)11-2/h2-11H,1H2;2-10H,1H3/t2-,3+,4+,5-,6+;2-,3+,4+,5-,6?/m10/s1. The lowest BCUT2D eigenvalue weighted by molar-refractivity contribution is -0.286. The Morgan fingerprint density at radius 1 is 0.609 bits per heavy atom. The molecule has 2 aliphatic rings. The molecule has 0 saturated carbocycles. The predicted molar refractivity (Wildman–Crippen MR) is 70.6 cm³/mol. The Bertz CT molecular complexity index is 337. The number of hydrogen-bond acceptors (Lipinski definition) is 11. The van der Waals surface area contributed by atoms with Crippen LogP contribution in [0.1, 0.15) is 6.92 Å². The van der Waals surface area contributed by atoms with Gasteiger partial charge in [-0.3, -0.25) is 0 Å². The molecule has 2 rings (SSSR count). The van der Waals surface area contributed by atoms with Gasteiger partial charge in [0.25, 0.3) is 0 Å². The highest BCUT2D eigenvalue weighted by molar-refractivity contribution is 4.88. The van der Waals surface area contributed by atoms with Crippen molar-refractivity contribution in [1.82, 2.24) is 0 Å². The Morgan fingerprint density at radius 3 is 1.52 bits per heavy atom. The van der Waals surface area contributed by atoms with Crippen LogP contribution in [-0.2, 0) is 9.47 Å². The molecule has 2 saturated heterocycles. The molecule has 0 aromatic carbocycles. The van der Waals surface area contributed by atoms with Crippen LogP contribution in [0.3, 0.4) is 0 Å². The molecule has 9 N–H and O–H groups in total. The Labute approximate surface area is 131 Å². The Balaban J connectivity index is 0.000000231. The van der Waals surface area contributed by atoms with Crippen LogP contribution in [0.4, 0.5) is 0 Å². The maximum atomic E-state index is 9.12. The molecule has 2 aliphatic heterocycles. The molecule has 23 heavy (non-hydrogen) atoms. The van der Waals surface area contributed by atoms with Crippen molar-refractivity contribution < 1.29 is 55.4 Å². The van der Waals surface area contributed by atoms with Gasteiger partial charge in [-0.2, -0.15) is 0 Å². The molecule has 0 bridgehead atoms. The van der Waals surface area contributed by atoms with Crippen molar-refractivity contribution in [3.8, 4) is 0 Å². The van der Waals surface area contributed by atoms with Crippen LogP contribution in [0, 0.1) is 0 Å². The fourth-order valence-electron chi connectivity index (χ4n) is 2.11. The summed E-state index contributed by atoms with van der Waals surface area (Å²) in [5, 5.41) is 80.6. The highest BCUT2D eigenvalue weighted by Gasteiger charge is 2.42. The van der Waals surface area contributed by atoms with Crippen molar-refractivity contribution in [1.29, 1.82) is 0 Å². The summed E-state index contributed by atoms with van der Waals surface area (Å²) in [7, 11) is 0. The Kier molecular flexibility index (Phi) is 7.70. The summed E-state index contributed by atoms with van der Waals surface area (Å²) >= 11 is 0. The highest BCUT2D eigenvalue weighted by Crippen LogP contribution is 2.19. The molecule has 10 atom stereocenters. The van der Waals surface area contributed by atoms with E-state index in [2.05, 4.69) is 9.47 Å². The minimum absolute atomic E-state index is 0.526. The lowest BCUT2D eigenvalue weighted by Gasteiger charge is -2.37. The third-order valence-electron chi connectivity index (χ3n) is 3.69. The molecule has 0 spiro atoms. The fourth-order valence-corrected chi connectivity index (χ4v) is 2.11. The monoisotopic (exact) mass is 344 g/mol. The summed E-state index contributed by atoms with van der Waals surface area (Å²) in [6.45, 7) is 0.977. The molecular formula is C12H24O11. The number of hydrogen-bond donors (Lipinski definition) is 9. The largest absolute Gasteiger partial charge is 0.394 e. The maximum absolute atomic E-state index is 9.12. The molecule has 0 amide bonds. The summed E-state index contributed by atoms with van der Waals surface area (Å²) in [5.41, 5.74) is 0. The number of rotatable bonds is 1. The van der Waals surface area contributed by atoms with E-state index < -0.39 is 68.0 Å². The van der Waals surface area contributed by atoms with Gasteiger partial charge in [-0.05, 0) is 6.92 Å². The van der Waals surface area contributed by atoms with Crippen LogP contribution in [0.25, 0.3) is 0 Å². The van der Waals surface area contributed by atoms with Crippen molar-refractivity contribution in [2.45, 2.75) is 68.3 Å². The second-order valence-corrected chi connectivity index (χ2v) is 5.42. The first-order valence-electron chi connectivity index (χ1n) is 6.98. The van der Waals surface area contributed by atoms with Crippen molar-refractivity contribution in [2.75, 3.05) is 6.61 Å². The first kappa shape index (κ1) is 20.6. The van der Waals surface area contributed by atoms with Gasteiger partial charge >= 0.3 is 0 Å². The first-order chi connectivity index (χ1) is 10.6. The predicted octanol–water partition coefficient (Wildman–Crippen LogP) is -5.42. The molecule has 2 fully saturated rings. The van der Waals surface area contributed by atoms with Crippen LogP contribution in [0.15, 0.2) is 0 Å². The van der Waals surface area contributed by atoms with Crippen molar-refractivity contribution in [3.63, 3.8) is 0 Å². The summed E-state index contributed by atoms with van der Waals surface area (Å²) in [5.74, 6) is 0. The van der Waals surface area contributed by atoms with Gasteiger partial charge in [-0.1, -0.05) is 0 Å². The van der Waals surface area contributed by atoms with Crippen LogP contribution in [0.5, 0.6) is 0 Å². The van der Waals surface area contributed by atoms with Gasteiger partial charge in [0.1, 0.15) is 42.7 Å². The summed E-state index contributed by atoms with van der Waals surface area (Å²) < 4.78 is 9.25. The Morgan fingerprint density at radius 2 is 1.04 bits per heavy atom. The Hall–Kier alpha value is -0.440. The van der Waals surface area contributed by atoms with Crippen LogP contribution in [0.2, 0.25) is 0 Å². The average Bonchev–Trinajstić information content (AvgIpc) is 2.53. The van der Waals surface area contributed by atoms with E-state index >= 15 is 0 Å². The van der Waals surface area contributed by atoms with E-state index in [0.29, 0.717) is 0 Å². The van der Waals surface area contributed by atoms with E-state index in [9.17, 15) is 0 Å². The second-order valence-electron chi connectivity index (χ2n) is 5.42. The molecule has 1 unspecified atom stereocenters.